The SMILES string of the molecule is CC(C)(C)NCC(O)c1ccc(OC2CC2)cc1. The average molecular weight is 249 g/mol. The number of ether oxygens (including phenoxy) is 1. The summed E-state index contributed by atoms with van der Waals surface area (Å²) in [5.74, 6) is 0.900. The van der Waals surface area contributed by atoms with Gasteiger partial charge in [-0.05, 0) is 51.3 Å². The fraction of sp³-hybridized carbons (Fsp3) is 0.600. The Morgan fingerprint density at radius 3 is 2.39 bits per heavy atom. The van der Waals surface area contributed by atoms with E-state index in [2.05, 4.69) is 26.1 Å². The summed E-state index contributed by atoms with van der Waals surface area (Å²) in [6.45, 7) is 6.83. The highest BCUT2D eigenvalue weighted by Gasteiger charge is 2.23. The van der Waals surface area contributed by atoms with E-state index >= 15 is 0 Å². The summed E-state index contributed by atoms with van der Waals surface area (Å²) in [7, 11) is 0. The Labute approximate surface area is 109 Å². The third kappa shape index (κ3) is 4.31. The minimum absolute atomic E-state index is 0.0238. The first-order valence-corrected chi connectivity index (χ1v) is 6.64. The Morgan fingerprint density at radius 2 is 1.89 bits per heavy atom. The zero-order valence-corrected chi connectivity index (χ0v) is 11.4. The van der Waals surface area contributed by atoms with Gasteiger partial charge in [-0.3, -0.25) is 0 Å². The van der Waals surface area contributed by atoms with Gasteiger partial charge in [0.2, 0.25) is 0 Å². The van der Waals surface area contributed by atoms with Gasteiger partial charge in [-0.15, -0.1) is 0 Å². The molecule has 0 bridgehead atoms. The van der Waals surface area contributed by atoms with Crippen LogP contribution in [0.15, 0.2) is 24.3 Å². The summed E-state index contributed by atoms with van der Waals surface area (Å²) in [6, 6.07) is 7.75. The van der Waals surface area contributed by atoms with Gasteiger partial charge < -0.3 is 15.2 Å². The maximum absolute atomic E-state index is 10.1. The molecule has 2 rings (SSSR count). The van der Waals surface area contributed by atoms with Gasteiger partial charge in [0.25, 0.3) is 0 Å². The quantitative estimate of drug-likeness (QED) is 0.843. The average Bonchev–Trinajstić information content (AvgIpc) is 3.10. The second-order valence-corrected chi connectivity index (χ2v) is 6.03. The van der Waals surface area contributed by atoms with E-state index in [-0.39, 0.29) is 5.54 Å². The van der Waals surface area contributed by atoms with E-state index < -0.39 is 6.10 Å². The first kappa shape index (κ1) is 13.4. The Kier molecular flexibility index (Phi) is 3.93. The zero-order chi connectivity index (χ0) is 13.2. The van der Waals surface area contributed by atoms with Crippen LogP contribution in [0.2, 0.25) is 0 Å². The number of hydrogen-bond donors (Lipinski definition) is 2. The molecule has 3 nitrogen and oxygen atoms in total. The molecule has 1 saturated carbocycles. The highest BCUT2D eigenvalue weighted by Crippen LogP contribution is 2.27. The van der Waals surface area contributed by atoms with Crippen LogP contribution in [-0.4, -0.2) is 23.3 Å². The molecule has 1 atom stereocenters. The summed E-state index contributed by atoms with van der Waals surface area (Å²) >= 11 is 0. The molecule has 2 N–H and O–H groups in total. The highest BCUT2D eigenvalue weighted by atomic mass is 16.5. The number of aliphatic hydroxyl groups excluding tert-OH is 1. The number of benzene rings is 1. The monoisotopic (exact) mass is 249 g/mol. The minimum atomic E-state index is -0.473. The van der Waals surface area contributed by atoms with Crippen molar-refractivity contribution in [1.82, 2.24) is 5.32 Å². The Hall–Kier alpha value is -1.06. The summed E-state index contributed by atoms with van der Waals surface area (Å²) < 4.78 is 5.68. The van der Waals surface area contributed by atoms with Crippen LogP contribution in [0, 0.1) is 0 Å². The van der Waals surface area contributed by atoms with Gasteiger partial charge in [-0.25, -0.2) is 0 Å². The van der Waals surface area contributed by atoms with Crippen LogP contribution in [0.3, 0.4) is 0 Å². The van der Waals surface area contributed by atoms with Gasteiger partial charge in [0.15, 0.2) is 0 Å². The van der Waals surface area contributed by atoms with Crippen molar-refractivity contribution in [3.63, 3.8) is 0 Å². The van der Waals surface area contributed by atoms with Crippen molar-refractivity contribution in [3.8, 4) is 5.75 Å². The lowest BCUT2D eigenvalue weighted by Crippen LogP contribution is -2.38. The summed E-state index contributed by atoms with van der Waals surface area (Å²) in [5, 5.41) is 13.4. The Bertz CT molecular complexity index is 376. The van der Waals surface area contributed by atoms with E-state index in [4.69, 9.17) is 4.74 Å². The fourth-order valence-corrected chi connectivity index (χ4v) is 1.67. The second kappa shape index (κ2) is 5.29. The van der Waals surface area contributed by atoms with E-state index in [0.29, 0.717) is 12.6 Å². The highest BCUT2D eigenvalue weighted by molar-refractivity contribution is 5.29. The lowest BCUT2D eigenvalue weighted by atomic mass is 10.1. The number of aliphatic hydroxyl groups is 1. The molecule has 1 aromatic carbocycles. The van der Waals surface area contributed by atoms with E-state index in [1.807, 2.05) is 24.3 Å². The molecule has 0 heterocycles. The molecule has 0 spiro atoms. The standard InChI is InChI=1S/C15H23NO2/c1-15(2,3)16-10-14(17)11-4-6-12(7-5-11)18-13-8-9-13/h4-7,13-14,16-17H,8-10H2,1-3H3. The van der Waals surface area contributed by atoms with Gasteiger partial charge in [-0.1, -0.05) is 12.1 Å². The molecule has 1 aliphatic rings. The largest absolute Gasteiger partial charge is 0.490 e. The van der Waals surface area contributed by atoms with Crippen molar-refractivity contribution in [3.05, 3.63) is 29.8 Å². The lowest BCUT2D eigenvalue weighted by Gasteiger charge is -2.23. The van der Waals surface area contributed by atoms with E-state index in [9.17, 15) is 5.11 Å². The molecule has 1 aromatic rings. The van der Waals surface area contributed by atoms with Gasteiger partial charge >= 0.3 is 0 Å². The van der Waals surface area contributed by atoms with Crippen LogP contribution in [0.5, 0.6) is 5.75 Å². The van der Waals surface area contributed by atoms with Crippen LogP contribution in [0.25, 0.3) is 0 Å². The van der Waals surface area contributed by atoms with Gasteiger partial charge in [0, 0.05) is 12.1 Å². The van der Waals surface area contributed by atoms with Crippen molar-refractivity contribution in [2.45, 2.75) is 51.4 Å². The summed E-state index contributed by atoms with van der Waals surface area (Å²) in [6.07, 6.45) is 2.28. The third-order valence-corrected chi connectivity index (χ3v) is 2.92. The van der Waals surface area contributed by atoms with Crippen LogP contribution in [-0.2, 0) is 0 Å². The molecule has 0 radical (unpaired) electrons. The summed E-state index contributed by atoms with van der Waals surface area (Å²) in [5.41, 5.74) is 0.950. The summed E-state index contributed by atoms with van der Waals surface area (Å²) in [4.78, 5) is 0. The molecule has 18 heavy (non-hydrogen) atoms. The molecular weight excluding hydrogens is 226 g/mol. The van der Waals surface area contributed by atoms with Crippen LogP contribution >= 0.6 is 0 Å². The molecule has 3 heteroatoms. The van der Waals surface area contributed by atoms with Crippen LogP contribution < -0.4 is 10.1 Å². The van der Waals surface area contributed by atoms with Gasteiger partial charge in [-0.2, -0.15) is 0 Å². The molecule has 100 valence electrons. The van der Waals surface area contributed by atoms with Crippen molar-refractivity contribution in [1.29, 1.82) is 0 Å². The number of hydrogen-bond acceptors (Lipinski definition) is 3. The predicted molar refractivity (Wildman–Crippen MR) is 72.8 cm³/mol. The fourth-order valence-electron chi connectivity index (χ4n) is 1.67. The molecule has 1 unspecified atom stereocenters. The van der Waals surface area contributed by atoms with Gasteiger partial charge in [0.1, 0.15) is 5.75 Å². The van der Waals surface area contributed by atoms with Crippen LogP contribution in [0.4, 0.5) is 0 Å². The third-order valence-electron chi connectivity index (χ3n) is 2.92. The van der Waals surface area contributed by atoms with Crippen molar-refractivity contribution in [2.24, 2.45) is 0 Å². The minimum Gasteiger partial charge on any atom is -0.490 e. The number of β-amino-alcohol motifs (C(OH)–C–C–N with tert-alkyl or cyclic N) is 1. The second-order valence-electron chi connectivity index (χ2n) is 6.03. The molecule has 1 fully saturated rings. The molecule has 1 aliphatic carbocycles. The van der Waals surface area contributed by atoms with E-state index in [0.717, 1.165) is 11.3 Å². The predicted octanol–water partition coefficient (Wildman–Crippen LogP) is 2.65. The first-order valence-electron chi connectivity index (χ1n) is 6.64. The van der Waals surface area contributed by atoms with Gasteiger partial charge in [0.05, 0.1) is 12.2 Å². The molecular formula is C15H23NO2. The van der Waals surface area contributed by atoms with Crippen molar-refractivity contribution < 1.29 is 9.84 Å². The van der Waals surface area contributed by atoms with Crippen molar-refractivity contribution >= 4 is 0 Å². The maximum Gasteiger partial charge on any atom is 0.119 e. The zero-order valence-electron chi connectivity index (χ0n) is 11.4. The Balaban J connectivity index is 1.87. The number of rotatable bonds is 5. The van der Waals surface area contributed by atoms with Crippen LogP contribution in [0.1, 0.15) is 45.3 Å². The van der Waals surface area contributed by atoms with E-state index in [1.54, 1.807) is 0 Å². The molecule has 0 saturated heterocycles. The molecule has 0 amide bonds. The lowest BCUT2D eigenvalue weighted by molar-refractivity contribution is 0.163. The first-order chi connectivity index (χ1) is 8.44. The number of nitrogens with one attached hydrogen (secondary N) is 1. The maximum atomic E-state index is 10.1. The van der Waals surface area contributed by atoms with E-state index in [1.165, 1.54) is 12.8 Å². The smallest absolute Gasteiger partial charge is 0.119 e. The normalized spacial score (nSPS) is 17.6. The molecule has 0 aromatic heterocycles. The Morgan fingerprint density at radius 1 is 1.28 bits per heavy atom. The topological polar surface area (TPSA) is 41.5 Å². The van der Waals surface area contributed by atoms with Crippen molar-refractivity contribution in [2.75, 3.05) is 6.54 Å². The molecule has 0 aliphatic heterocycles.